The van der Waals surface area contributed by atoms with Gasteiger partial charge in [-0.05, 0) is 42.8 Å². The summed E-state index contributed by atoms with van der Waals surface area (Å²) in [5.74, 6) is -0.0738. The number of carbonyl (C=O) groups excluding carboxylic acids is 1. The van der Waals surface area contributed by atoms with Gasteiger partial charge in [-0.3, -0.25) is 4.79 Å². The Bertz CT molecular complexity index is 1130. The third-order valence-electron chi connectivity index (χ3n) is 5.03. The van der Waals surface area contributed by atoms with Gasteiger partial charge < -0.3 is 4.90 Å². The van der Waals surface area contributed by atoms with Crippen molar-refractivity contribution in [3.05, 3.63) is 96.8 Å². The minimum atomic E-state index is -0.0738. The van der Waals surface area contributed by atoms with Gasteiger partial charge in [0.25, 0.3) is 0 Å². The molecular formula is C23H22N6O. The highest BCUT2D eigenvalue weighted by molar-refractivity contribution is 5.91. The Kier molecular flexibility index (Phi) is 5.52. The fourth-order valence-electron chi connectivity index (χ4n) is 3.09. The van der Waals surface area contributed by atoms with Gasteiger partial charge in [-0.2, -0.15) is 10.2 Å². The maximum absolute atomic E-state index is 12.7. The van der Waals surface area contributed by atoms with Crippen LogP contribution in [0.25, 0.3) is 17.5 Å². The molecule has 2 heterocycles. The molecule has 4 rings (SSSR count). The number of aromatic nitrogens is 5. The lowest BCUT2D eigenvalue weighted by atomic mass is 10.1. The van der Waals surface area contributed by atoms with Crippen molar-refractivity contribution in [2.75, 3.05) is 7.05 Å². The number of hydrogen-bond acceptors (Lipinski definition) is 4. The van der Waals surface area contributed by atoms with Crippen molar-refractivity contribution < 1.29 is 4.79 Å². The number of benzene rings is 2. The highest BCUT2D eigenvalue weighted by Gasteiger charge is 2.15. The van der Waals surface area contributed by atoms with Crippen molar-refractivity contribution in [3.63, 3.8) is 0 Å². The van der Waals surface area contributed by atoms with Crippen LogP contribution in [0.2, 0.25) is 0 Å². The summed E-state index contributed by atoms with van der Waals surface area (Å²) in [5, 5.41) is 8.47. The second-order valence-electron chi connectivity index (χ2n) is 6.94. The number of amides is 1. The molecule has 0 radical (unpaired) electrons. The number of hydrogen-bond donors (Lipinski definition) is 0. The third kappa shape index (κ3) is 4.20. The molecular weight excluding hydrogens is 376 g/mol. The second kappa shape index (κ2) is 8.57. The highest BCUT2D eigenvalue weighted by atomic mass is 16.2. The predicted molar refractivity (Wildman–Crippen MR) is 115 cm³/mol. The number of rotatable bonds is 6. The van der Waals surface area contributed by atoms with Gasteiger partial charge in [0.2, 0.25) is 5.91 Å². The Balaban J connectivity index is 1.41. The van der Waals surface area contributed by atoms with Gasteiger partial charge in [0, 0.05) is 24.9 Å². The molecule has 0 N–H and O–H groups in total. The molecule has 2 aromatic heterocycles. The van der Waals surface area contributed by atoms with E-state index in [0.717, 1.165) is 22.5 Å². The summed E-state index contributed by atoms with van der Waals surface area (Å²) in [4.78, 5) is 18.3. The smallest absolute Gasteiger partial charge is 0.246 e. The van der Waals surface area contributed by atoms with Crippen LogP contribution in [0.3, 0.4) is 0 Å². The van der Waals surface area contributed by atoms with Gasteiger partial charge >= 0.3 is 0 Å². The minimum absolute atomic E-state index is 0.0704. The van der Waals surface area contributed by atoms with Crippen LogP contribution in [0.15, 0.2) is 85.7 Å². The molecule has 0 aliphatic heterocycles. The quantitative estimate of drug-likeness (QED) is 0.465. The van der Waals surface area contributed by atoms with Crippen LogP contribution >= 0.6 is 0 Å². The first-order chi connectivity index (χ1) is 14.6. The minimum Gasteiger partial charge on any atom is -0.335 e. The zero-order valence-corrected chi connectivity index (χ0v) is 16.8. The molecule has 1 atom stereocenters. The normalized spacial score (nSPS) is 12.2. The molecule has 0 fully saturated rings. The molecule has 0 saturated heterocycles. The Hall–Kier alpha value is -4.00. The molecule has 2 aromatic carbocycles. The van der Waals surface area contributed by atoms with E-state index in [2.05, 4.69) is 15.2 Å². The zero-order valence-electron chi connectivity index (χ0n) is 16.8. The lowest BCUT2D eigenvalue weighted by Crippen LogP contribution is -2.27. The van der Waals surface area contributed by atoms with Crippen LogP contribution in [-0.2, 0) is 4.79 Å². The molecule has 0 bridgehead atoms. The highest BCUT2D eigenvalue weighted by Crippen LogP contribution is 2.21. The van der Waals surface area contributed by atoms with E-state index in [1.807, 2.05) is 67.7 Å². The number of para-hydroxylation sites is 1. The van der Waals surface area contributed by atoms with Gasteiger partial charge in [0.1, 0.15) is 12.7 Å². The number of carbonyl (C=O) groups is 1. The molecule has 0 spiro atoms. The molecule has 4 aromatic rings. The van der Waals surface area contributed by atoms with Crippen LogP contribution in [0.4, 0.5) is 0 Å². The van der Waals surface area contributed by atoms with Gasteiger partial charge in [0.05, 0.1) is 23.6 Å². The summed E-state index contributed by atoms with van der Waals surface area (Å²) in [6.45, 7) is 2.00. The van der Waals surface area contributed by atoms with E-state index in [-0.39, 0.29) is 11.9 Å². The summed E-state index contributed by atoms with van der Waals surface area (Å²) in [6.07, 6.45) is 10.1. The van der Waals surface area contributed by atoms with Gasteiger partial charge in [0.15, 0.2) is 0 Å². The zero-order chi connectivity index (χ0) is 20.9. The predicted octanol–water partition coefficient (Wildman–Crippen LogP) is 3.69. The van der Waals surface area contributed by atoms with Crippen molar-refractivity contribution in [2.45, 2.75) is 13.0 Å². The van der Waals surface area contributed by atoms with E-state index in [1.54, 1.807) is 46.0 Å². The first-order valence-corrected chi connectivity index (χ1v) is 9.62. The van der Waals surface area contributed by atoms with Crippen LogP contribution in [0.1, 0.15) is 24.1 Å². The standard InChI is InChI=1S/C23H22N6O/c1-18(20-9-11-22(12-10-20)29-17-24-16-26-29)27(2)23(30)13-8-19-14-25-28(15-19)21-6-4-3-5-7-21/h3-18H,1-2H3/b13-8+/t18-/m1/s1. The van der Waals surface area contributed by atoms with E-state index in [1.165, 1.54) is 6.33 Å². The van der Waals surface area contributed by atoms with E-state index in [9.17, 15) is 4.79 Å². The lowest BCUT2D eigenvalue weighted by Gasteiger charge is -2.24. The largest absolute Gasteiger partial charge is 0.335 e. The molecule has 0 aliphatic rings. The monoisotopic (exact) mass is 398 g/mol. The summed E-state index contributed by atoms with van der Waals surface area (Å²) < 4.78 is 3.48. The molecule has 30 heavy (non-hydrogen) atoms. The molecule has 0 aliphatic carbocycles. The summed E-state index contributed by atoms with van der Waals surface area (Å²) >= 11 is 0. The molecule has 0 saturated carbocycles. The van der Waals surface area contributed by atoms with Crippen LogP contribution in [-0.4, -0.2) is 42.4 Å². The molecule has 0 unspecified atom stereocenters. The Morgan fingerprint density at radius 3 is 2.43 bits per heavy atom. The first kappa shape index (κ1) is 19.3. The van der Waals surface area contributed by atoms with Gasteiger partial charge in [-0.25, -0.2) is 14.3 Å². The lowest BCUT2D eigenvalue weighted by molar-refractivity contribution is -0.126. The van der Waals surface area contributed by atoms with Gasteiger partial charge in [-0.15, -0.1) is 0 Å². The fourth-order valence-corrected chi connectivity index (χ4v) is 3.09. The SMILES string of the molecule is C[C@H](c1ccc(-n2cncn2)cc1)N(C)C(=O)/C=C/c1cnn(-c2ccccc2)c1. The summed E-state index contributed by atoms with van der Waals surface area (Å²) in [7, 11) is 1.80. The van der Waals surface area contributed by atoms with E-state index in [4.69, 9.17) is 0 Å². The van der Waals surface area contributed by atoms with Crippen LogP contribution in [0.5, 0.6) is 0 Å². The van der Waals surface area contributed by atoms with Crippen molar-refractivity contribution in [1.82, 2.24) is 29.4 Å². The van der Waals surface area contributed by atoms with Crippen LogP contribution < -0.4 is 0 Å². The maximum Gasteiger partial charge on any atom is 0.246 e. The molecule has 150 valence electrons. The van der Waals surface area contributed by atoms with E-state index < -0.39 is 0 Å². The molecule has 1 amide bonds. The number of likely N-dealkylation sites (N-methyl/N-ethyl adjacent to an activating group) is 1. The van der Waals surface area contributed by atoms with Gasteiger partial charge in [-0.1, -0.05) is 30.3 Å². The first-order valence-electron chi connectivity index (χ1n) is 9.62. The fraction of sp³-hybridized carbons (Fsp3) is 0.130. The van der Waals surface area contributed by atoms with E-state index in [0.29, 0.717) is 0 Å². The summed E-state index contributed by atoms with van der Waals surface area (Å²) in [5.41, 5.74) is 3.81. The van der Waals surface area contributed by atoms with Crippen molar-refractivity contribution in [3.8, 4) is 11.4 Å². The Morgan fingerprint density at radius 1 is 1.00 bits per heavy atom. The summed E-state index contributed by atoms with van der Waals surface area (Å²) in [6, 6.07) is 17.7. The van der Waals surface area contributed by atoms with Crippen molar-refractivity contribution >= 4 is 12.0 Å². The Morgan fingerprint density at radius 2 is 1.73 bits per heavy atom. The molecule has 7 heteroatoms. The Labute approximate surface area is 174 Å². The topological polar surface area (TPSA) is 68.8 Å². The molecule has 7 nitrogen and oxygen atoms in total. The van der Waals surface area contributed by atoms with E-state index >= 15 is 0 Å². The van der Waals surface area contributed by atoms with Crippen molar-refractivity contribution in [2.24, 2.45) is 0 Å². The van der Waals surface area contributed by atoms with Crippen molar-refractivity contribution in [1.29, 1.82) is 0 Å². The number of nitrogens with zero attached hydrogens (tertiary/aromatic N) is 6. The average Bonchev–Trinajstić information content (AvgIpc) is 3.50. The average molecular weight is 398 g/mol. The second-order valence-corrected chi connectivity index (χ2v) is 6.94. The third-order valence-corrected chi connectivity index (χ3v) is 5.03. The maximum atomic E-state index is 12.7. The van der Waals surface area contributed by atoms with Crippen LogP contribution in [0, 0.1) is 0 Å².